The van der Waals surface area contributed by atoms with Crippen LogP contribution in [-0.2, 0) is 0 Å². The summed E-state index contributed by atoms with van der Waals surface area (Å²) < 4.78 is 0. The van der Waals surface area contributed by atoms with Gasteiger partial charge >= 0.3 is 57.9 Å². The van der Waals surface area contributed by atoms with Crippen LogP contribution in [0.1, 0.15) is 2.85 Å². The van der Waals surface area contributed by atoms with Gasteiger partial charge in [0, 0.05) is 8.41 Å². The van der Waals surface area contributed by atoms with E-state index in [1.165, 1.54) is 0 Å². The van der Waals surface area contributed by atoms with Crippen molar-refractivity contribution in [2.24, 2.45) is 0 Å². The van der Waals surface area contributed by atoms with Crippen molar-refractivity contribution in [1.29, 1.82) is 0 Å². The SMILES string of the molecule is F.O[Si](O)(O)O.[AlH3].[B].[Ba+2].[H-].[H-]. The standard InChI is InChI=1S/Al.B.Ba.FH.H4O4Si.5H/c;;;;1-5(2,3)4;;;;;/h;;;1H;1-4H;;;;;/q;;+2;;;;;;2*-1. The van der Waals surface area contributed by atoms with E-state index < -0.39 is 9.05 Å². The van der Waals surface area contributed by atoms with Gasteiger partial charge in [0.25, 0.3) is 0 Å². The van der Waals surface area contributed by atoms with Crippen LogP contribution in [0.15, 0.2) is 0 Å². The van der Waals surface area contributed by atoms with E-state index in [4.69, 9.17) is 19.2 Å². The van der Waals surface area contributed by atoms with Crippen molar-refractivity contribution in [3.63, 3.8) is 0 Å². The van der Waals surface area contributed by atoms with Gasteiger partial charge in [-0.05, 0) is 0 Å². The Hall–Kier alpha value is 2.16. The summed E-state index contributed by atoms with van der Waals surface area (Å²) in [5.41, 5.74) is 0. The van der Waals surface area contributed by atoms with Crippen molar-refractivity contribution in [1.82, 2.24) is 0 Å². The smallest absolute Gasteiger partial charge is 1.00 e. The van der Waals surface area contributed by atoms with Crippen LogP contribution in [0.2, 0.25) is 0 Å². The Morgan fingerprint density at radius 1 is 1.00 bits per heavy atom. The number of hydrogen-bond acceptors (Lipinski definition) is 4. The normalized spacial score (nSPS) is 6.67. The molecule has 3 radical (unpaired) electrons. The zero-order valence-electron chi connectivity index (χ0n) is 5.98. The molecule has 4 N–H and O–H groups in total. The van der Waals surface area contributed by atoms with Gasteiger partial charge in [0.15, 0.2) is 17.4 Å². The average molecular weight is 296 g/mol. The molecule has 0 aromatic rings. The third kappa shape index (κ3) is 145. The summed E-state index contributed by atoms with van der Waals surface area (Å²) in [5, 5.41) is 0. The first-order valence-corrected chi connectivity index (χ1v) is 2.68. The summed E-state index contributed by atoms with van der Waals surface area (Å²) in [4.78, 5) is 29.3. The maximum atomic E-state index is 7.33. The van der Waals surface area contributed by atoms with Gasteiger partial charge in [0.2, 0.25) is 0 Å². The molecule has 0 rings (SSSR count). The third-order valence-corrected chi connectivity index (χ3v) is 0. The number of halogens is 1. The minimum absolute atomic E-state index is 0. The topological polar surface area (TPSA) is 80.9 Å². The van der Waals surface area contributed by atoms with Crippen LogP contribution in [0.25, 0.3) is 0 Å². The van der Waals surface area contributed by atoms with Crippen molar-refractivity contribution in [3.8, 4) is 0 Å². The molecule has 0 amide bonds. The minimum Gasteiger partial charge on any atom is -1.00 e. The Morgan fingerprint density at radius 3 is 1.00 bits per heavy atom. The first kappa shape index (κ1) is 30.4. The van der Waals surface area contributed by atoms with Gasteiger partial charge in [-0.15, -0.1) is 0 Å². The van der Waals surface area contributed by atoms with Crippen molar-refractivity contribution >= 4 is 83.7 Å². The molecule has 0 aliphatic heterocycles. The van der Waals surface area contributed by atoms with Crippen LogP contribution >= 0.6 is 0 Å². The number of rotatable bonds is 0. The van der Waals surface area contributed by atoms with Gasteiger partial charge in [-0.1, -0.05) is 0 Å². The van der Waals surface area contributed by atoms with E-state index in [2.05, 4.69) is 0 Å². The minimum atomic E-state index is -4.61. The Labute approximate surface area is 109 Å². The van der Waals surface area contributed by atoms with Crippen LogP contribution in [-0.4, -0.2) is 103 Å². The molecule has 0 bridgehead atoms. The zero-order valence-corrected chi connectivity index (χ0v) is 9.42. The summed E-state index contributed by atoms with van der Waals surface area (Å²) in [6, 6.07) is 0. The van der Waals surface area contributed by atoms with Gasteiger partial charge < -0.3 is 22.0 Å². The monoisotopic (exact) mass is 297 g/mol. The second-order valence-corrected chi connectivity index (χ2v) is 1.80. The molecule has 0 atom stereocenters. The summed E-state index contributed by atoms with van der Waals surface area (Å²) in [6.07, 6.45) is 0. The Morgan fingerprint density at radius 2 is 1.00 bits per heavy atom. The van der Waals surface area contributed by atoms with Crippen molar-refractivity contribution < 1.29 is 26.7 Å². The first-order valence-electron chi connectivity index (χ1n) is 0.894. The van der Waals surface area contributed by atoms with E-state index in [-0.39, 0.29) is 82.2 Å². The molecule has 0 saturated heterocycles. The molecular weight excluding hydrogens is 286 g/mol. The third-order valence-electron chi connectivity index (χ3n) is 0. The molecule has 9 heavy (non-hydrogen) atoms. The molecule has 9 heteroatoms. The second kappa shape index (κ2) is 12.8. The van der Waals surface area contributed by atoms with Crippen molar-refractivity contribution in [3.05, 3.63) is 0 Å². The molecule has 0 saturated carbocycles. The molecule has 0 aliphatic rings. The fourth-order valence-corrected chi connectivity index (χ4v) is 0. The van der Waals surface area contributed by atoms with E-state index in [9.17, 15) is 0 Å². The largest absolute Gasteiger partial charge is 2.00 e. The summed E-state index contributed by atoms with van der Waals surface area (Å²) >= 11 is 0. The Bertz CT molecular complexity index is 43.6. The fourth-order valence-electron chi connectivity index (χ4n) is 0. The van der Waals surface area contributed by atoms with Crippen LogP contribution in [0, 0.1) is 0 Å². The molecule has 0 aromatic carbocycles. The fraction of sp³-hybridized carbons (Fsp3) is 0. The van der Waals surface area contributed by atoms with E-state index in [1.807, 2.05) is 0 Å². The number of hydrogen-bond donors (Lipinski definition) is 4. The second-order valence-electron chi connectivity index (χ2n) is 0.600. The molecule has 0 fully saturated rings. The molecule has 0 heterocycles. The summed E-state index contributed by atoms with van der Waals surface area (Å²) in [5.74, 6) is 0. The van der Waals surface area contributed by atoms with E-state index in [1.54, 1.807) is 0 Å². The van der Waals surface area contributed by atoms with Gasteiger partial charge in [0.1, 0.15) is 0 Å². The van der Waals surface area contributed by atoms with Gasteiger partial charge in [-0.25, -0.2) is 0 Å². The van der Waals surface area contributed by atoms with Crippen LogP contribution < -0.4 is 0 Å². The van der Waals surface area contributed by atoms with Gasteiger partial charge in [-0.3, -0.25) is 4.70 Å². The Kier molecular flexibility index (Phi) is 43.2. The van der Waals surface area contributed by atoms with Crippen LogP contribution in [0.3, 0.4) is 0 Å². The summed E-state index contributed by atoms with van der Waals surface area (Å²) in [6.45, 7) is 0. The maximum Gasteiger partial charge on any atom is 2.00 e. The Balaban J connectivity index is -0.00000000533. The quantitative estimate of drug-likeness (QED) is 0.342. The summed E-state index contributed by atoms with van der Waals surface area (Å²) in [7, 11) is -4.61. The first-order chi connectivity index (χ1) is 2.00. The molecular formula is H10AlBBaFO4Si. The molecule has 0 aliphatic carbocycles. The van der Waals surface area contributed by atoms with Crippen LogP contribution in [0.5, 0.6) is 0 Å². The molecule has 4 nitrogen and oxygen atoms in total. The molecule has 0 aromatic heterocycles. The van der Waals surface area contributed by atoms with E-state index >= 15 is 0 Å². The predicted molar refractivity (Wildman–Crippen MR) is 40.8 cm³/mol. The van der Waals surface area contributed by atoms with Gasteiger partial charge in [0.05, 0.1) is 0 Å². The zero-order chi connectivity index (χ0) is 4.50. The molecule has 0 unspecified atom stereocenters. The van der Waals surface area contributed by atoms with E-state index in [0.29, 0.717) is 0 Å². The van der Waals surface area contributed by atoms with Crippen LogP contribution in [0.4, 0.5) is 4.70 Å². The molecule has 53 valence electrons. The average Bonchev–Trinajstić information content (AvgIpc) is 0.722. The predicted octanol–water partition coefficient (Wildman–Crippen LogP) is -4.18. The van der Waals surface area contributed by atoms with Gasteiger partial charge in [-0.2, -0.15) is 0 Å². The van der Waals surface area contributed by atoms with Crippen molar-refractivity contribution in [2.45, 2.75) is 0 Å². The molecule has 0 spiro atoms. The van der Waals surface area contributed by atoms with Crippen molar-refractivity contribution in [2.75, 3.05) is 0 Å². The van der Waals surface area contributed by atoms with E-state index in [0.717, 1.165) is 0 Å². The maximum absolute atomic E-state index is 7.33.